The highest BCUT2D eigenvalue weighted by atomic mass is 35.5. The maximum atomic E-state index is 13.7. The van der Waals surface area contributed by atoms with Crippen molar-refractivity contribution in [3.05, 3.63) is 111 Å². The van der Waals surface area contributed by atoms with Gasteiger partial charge >= 0.3 is 0 Å². The van der Waals surface area contributed by atoms with Crippen LogP contribution in [0.3, 0.4) is 0 Å². The molecule has 6 rings (SSSR count). The quantitative estimate of drug-likeness (QED) is 0.0595. The van der Waals surface area contributed by atoms with E-state index in [0.717, 1.165) is 103 Å². The third-order valence-electron chi connectivity index (χ3n) is 10.9. The number of unbranched alkanes of at least 4 members (excludes halogenated alkanes) is 1. The van der Waals surface area contributed by atoms with Crippen molar-refractivity contribution in [3.63, 3.8) is 0 Å². The van der Waals surface area contributed by atoms with Crippen LogP contribution in [0.15, 0.2) is 84.2 Å². The summed E-state index contributed by atoms with van der Waals surface area (Å²) in [6.07, 6.45) is 15.0. The zero-order valence-electron chi connectivity index (χ0n) is 33.4. The normalized spacial score (nSPS) is 14.6. The fourth-order valence-electron chi connectivity index (χ4n) is 7.45. The zero-order valence-corrected chi connectivity index (χ0v) is 34.9. The van der Waals surface area contributed by atoms with E-state index < -0.39 is 0 Å². The molecule has 0 spiro atoms. The molecule has 0 amide bonds. The Morgan fingerprint density at radius 3 is 2.27 bits per heavy atom. The van der Waals surface area contributed by atoms with Crippen LogP contribution in [0.1, 0.15) is 50.9 Å². The number of halogens is 2. The van der Waals surface area contributed by atoms with Crippen molar-refractivity contribution in [1.82, 2.24) is 39.7 Å². The summed E-state index contributed by atoms with van der Waals surface area (Å²) < 4.78 is 5.87. The number of rotatable bonds is 20. The molecule has 1 atom stereocenters. The highest BCUT2D eigenvalue weighted by Crippen LogP contribution is 2.43. The second-order valence-electron chi connectivity index (χ2n) is 14.9. The summed E-state index contributed by atoms with van der Waals surface area (Å²) in [6, 6.07) is 16.6. The van der Waals surface area contributed by atoms with E-state index in [1.807, 2.05) is 76.8 Å². The third-order valence-corrected chi connectivity index (χ3v) is 11.7. The summed E-state index contributed by atoms with van der Waals surface area (Å²) in [5, 5.41) is 15.2. The third kappa shape index (κ3) is 9.88. The molecule has 4 heterocycles. The van der Waals surface area contributed by atoms with E-state index in [1.54, 1.807) is 0 Å². The Kier molecular flexibility index (Phi) is 14.7. The molecular weight excluding hydrogens is 739 g/mol. The van der Waals surface area contributed by atoms with E-state index in [0.29, 0.717) is 28.1 Å². The minimum absolute atomic E-state index is 0.0131. The van der Waals surface area contributed by atoms with Crippen LogP contribution in [0.25, 0.3) is 51.2 Å². The van der Waals surface area contributed by atoms with Crippen molar-refractivity contribution in [2.24, 2.45) is 0 Å². The maximum Gasteiger partial charge on any atom is 0.275 e. The van der Waals surface area contributed by atoms with Gasteiger partial charge in [0.1, 0.15) is 5.52 Å². The molecule has 4 N–H and O–H groups in total. The van der Waals surface area contributed by atoms with E-state index in [2.05, 4.69) is 76.7 Å². The van der Waals surface area contributed by atoms with Crippen LogP contribution >= 0.6 is 23.2 Å². The second kappa shape index (κ2) is 19.9. The molecule has 9 nitrogen and oxygen atoms in total. The van der Waals surface area contributed by atoms with Gasteiger partial charge in [-0.15, -0.1) is 0 Å². The Morgan fingerprint density at radius 2 is 1.61 bits per heavy atom. The number of nitrogens with zero attached hydrogens (tertiary/aromatic N) is 4. The predicted octanol–water partition coefficient (Wildman–Crippen LogP) is 8.23. The average molecular weight is 798 g/mol. The fourth-order valence-corrected chi connectivity index (χ4v) is 8.12. The lowest BCUT2D eigenvalue weighted by Crippen LogP contribution is -2.36. The van der Waals surface area contributed by atoms with Crippen LogP contribution in [0.5, 0.6) is 0 Å². The SMILES string of the molecule is C=Cc1cc(-c2cccc(-c3cccc(-c4cc5c(=O)n(CCNCC6CCCN6)c(C)cn5c4)c3Cl)c2Cl)cn1/C=C(/C)N(C)CCNCCNCCCC. The molecular formula is C45H58Cl2N8O. The average Bonchev–Trinajstić information content (AvgIpc) is 3.96. The van der Waals surface area contributed by atoms with Gasteiger partial charge in [-0.1, -0.05) is 79.5 Å². The molecule has 1 unspecified atom stereocenters. The van der Waals surface area contributed by atoms with Crippen molar-refractivity contribution in [1.29, 1.82) is 0 Å². The lowest BCUT2D eigenvalue weighted by Gasteiger charge is -2.20. The number of benzene rings is 2. The molecule has 1 fully saturated rings. The van der Waals surface area contributed by atoms with Gasteiger partial charge in [0.05, 0.1) is 10.0 Å². The van der Waals surface area contributed by atoms with Crippen LogP contribution in [-0.4, -0.2) is 83.9 Å². The maximum absolute atomic E-state index is 13.7. The summed E-state index contributed by atoms with van der Waals surface area (Å²) in [7, 11) is 2.12. The van der Waals surface area contributed by atoms with Crippen molar-refractivity contribution in [2.75, 3.05) is 59.4 Å². The molecule has 0 saturated carbocycles. The number of hydrogen-bond donors (Lipinski definition) is 4. The van der Waals surface area contributed by atoms with Crippen LogP contribution in [0, 0.1) is 6.92 Å². The second-order valence-corrected chi connectivity index (χ2v) is 15.6. The van der Waals surface area contributed by atoms with Gasteiger partial charge in [0, 0.05) is 134 Å². The van der Waals surface area contributed by atoms with Gasteiger partial charge in [-0.2, -0.15) is 0 Å². The van der Waals surface area contributed by atoms with Crippen molar-refractivity contribution < 1.29 is 0 Å². The fraction of sp³-hybridized carbons (Fsp3) is 0.400. The summed E-state index contributed by atoms with van der Waals surface area (Å²) >= 11 is 14.5. The summed E-state index contributed by atoms with van der Waals surface area (Å²) in [5.74, 6) is 0. The Labute approximate surface area is 342 Å². The summed E-state index contributed by atoms with van der Waals surface area (Å²) in [5.41, 5.74) is 8.89. The van der Waals surface area contributed by atoms with Crippen LogP contribution in [-0.2, 0) is 6.54 Å². The lowest BCUT2D eigenvalue weighted by molar-refractivity contribution is 0.410. The highest BCUT2D eigenvalue weighted by molar-refractivity contribution is 6.39. The number of allylic oxidation sites excluding steroid dienone is 1. The number of likely N-dealkylation sites (N-methyl/N-ethyl adjacent to an activating group) is 1. The van der Waals surface area contributed by atoms with E-state index in [4.69, 9.17) is 23.2 Å². The molecule has 5 aromatic rings. The van der Waals surface area contributed by atoms with Crippen molar-refractivity contribution in [2.45, 2.75) is 59.0 Å². The van der Waals surface area contributed by atoms with Crippen LogP contribution in [0.2, 0.25) is 10.0 Å². The van der Waals surface area contributed by atoms with E-state index >= 15 is 0 Å². The van der Waals surface area contributed by atoms with E-state index in [1.165, 1.54) is 25.7 Å². The molecule has 1 aliphatic rings. The summed E-state index contributed by atoms with van der Waals surface area (Å²) in [4.78, 5) is 16.0. The predicted molar refractivity (Wildman–Crippen MR) is 238 cm³/mol. The van der Waals surface area contributed by atoms with Gasteiger partial charge in [0.15, 0.2) is 0 Å². The van der Waals surface area contributed by atoms with Gasteiger partial charge < -0.3 is 39.7 Å². The first-order valence-corrected chi connectivity index (χ1v) is 20.9. The molecule has 0 aliphatic carbocycles. The standard InChI is InChI=1S/C45H58Cl2N8O/c1-6-8-17-48-19-20-49-21-23-52(5)32(3)28-53-30-34(25-37(53)7-2)38-13-9-15-40(43(38)46)41-16-10-14-39(44(41)47)35-26-42-45(56)55(33(4)29-54(42)31-35)24-22-50-27-36-12-11-18-51-36/h7,9-10,13-16,25-26,28-31,36,48-51H,2,6,8,11-12,17-24,27H2,1,3-5H3/b32-28-. The number of aromatic nitrogens is 3. The number of nitrogens with one attached hydrogen (secondary N) is 4. The minimum atomic E-state index is -0.0131. The Bertz CT molecular complexity index is 2190. The van der Waals surface area contributed by atoms with Crippen LogP contribution in [0.4, 0.5) is 0 Å². The molecule has 0 radical (unpaired) electrons. The van der Waals surface area contributed by atoms with Crippen molar-refractivity contribution in [3.8, 4) is 33.4 Å². The number of fused-ring (bicyclic) bond motifs is 1. The molecule has 1 saturated heterocycles. The smallest absolute Gasteiger partial charge is 0.275 e. The number of aryl methyl sites for hydroxylation is 1. The number of hydrogen-bond acceptors (Lipinski definition) is 6. The molecule has 1 aliphatic heterocycles. The highest BCUT2D eigenvalue weighted by Gasteiger charge is 2.19. The first-order chi connectivity index (χ1) is 27.2. The molecule has 298 valence electrons. The van der Waals surface area contributed by atoms with Gasteiger partial charge in [-0.05, 0) is 64.4 Å². The van der Waals surface area contributed by atoms with E-state index in [9.17, 15) is 4.79 Å². The Morgan fingerprint density at radius 1 is 0.929 bits per heavy atom. The molecule has 3 aromatic heterocycles. The van der Waals surface area contributed by atoms with E-state index in [-0.39, 0.29) is 5.56 Å². The van der Waals surface area contributed by atoms with Crippen LogP contribution < -0.4 is 26.8 Å². The Hall–Kier alpha value is -4.09. The van der Waals surface area contributed by atoms with Gasteiger partial charge in [-0.3, -0.25) is 4.79 Å². The summed E-state index contributed by atoms with van der Waals surface area (Å²) in [6.45, 7) is 18.6. The topological polar surface area (TPSA) is 82.7 Å². The monoisotopic (exact) mass is 796 g/mol. The largest absolute Gasteiger partial charge is 0.376 e. The molecule has 2 aromatic carbocycles. The Balaban J connectivity index is 1.19. The molecule has 11 heteroatoms. The van der Waals surface area contributed by atoms with Gasteiger partial charge in [0.2, 0.25) is 0 Å². The first-order valence-electron chi connectivity index (χ1n) is 20.1. The molecule has 0 bridgehead atoms. The zero-order chi connectivity index (χ0) is 39.6. The molecule has 56 heavy (non-hydrogen) atoms. The van der Waals surface area contributed by atoms with Crippen molar-refractivity contribution >= 4 is 41.0 Å². The lowest BCUT2D eigenvalue weighted by atomic mass is 9.97. The van der Waals surface area contributed by atoms with Gasteiger partial charge in [0.25, 0.3) is 5.56 Å². The first kappa shape index (κ1) is 41.5. The minimum Gasteiger partial charge on any atom is -0.376 e. The van der Waals surface area contributed by atoms with Gasteiger partial charge in [-0.25, -0.2) is 0 Å².